The molecule has 3 aromatic carbocycles. The number of hydrogen-bond donors (Lipinski definition) is 2. The molecule has 1 aliphatic heterocycles. The first-order chi connectivity index (χ1) is 16.5. The SMILES string of the molecule is COc1ccc(/C(O)=C2/C(=O)C(=O)N(c3ccccc3O)C2c2cccc(C)c2)cc1C(C)(C)C. The summed E-state index contributed by atoms with van der Waals surface area (Å²) >= 11 is 0. The average molecular weight is 472 g/mol. The van der Waals surface area contributed by atoms with Crippen molar-refractivity contribution >= 4 is 23.1 Å². The van der Waals surface area contributed by atoms with Gasteiger partial charge in [-0.05, 0) is 48.2 Å². The summed E-state index contributed by atoms with van der Waals surface area (Å²) in [6.45, 7) is 7.99. The van der Waals surface area contributed by atoms with E-state index in [4.69, 9.17) is 4.74 Å². The van der Waals surface area contributed by atoms with Gasteiger partial charge in [-0.3, -0.25) is 14.5 Å². The number of aryl methyl sites for hydroxylation is 1. The maximum absolute atomic E-state index is 13.4. The van der Waals surface area contributed by atoms with Crippen molar-refractivity contribution in [3.8, 4) is 11.5 Å². The number of aliphatic hydroxyl groups excluding tert-OH is 1. The number of anilines is 1. The highest BCUT2D eigenvalue weighted by molar-refractivity contribution is 6.51. The summed E-state index contributed by atoms with van der Waals surface area (Å²) < 4.78 is 5.51. The third kappa shape index (κ3) is 4.28. The third-order valence-electron chi connectivity index (χ3n) is 6.22. The van der Waals surface area contributed by atoms with E-state index < -0.39 is 17.7 Å². The van der Waals surface area contributed by atoms with Gasteiger partial charge in [0.2, 0.25) is 0 Å². The number of amides is 1. The van der Waals surface area contributed by atoms with Crippen LogP contribution in [0.5, 0.6) is 11.5 Å². The molecular formula is C29H29NO5. The number of phenols is 1. The molecule has 180 valence electrons. The summed E-state index contributed by atoms with van der Waals surface area (Å²) in [4.78, 5) is 27.9. The Hall–Kier alpha value is -4.06. The molecule has 0 spiro atoms. The second kappa shape index (κ2) is 8.95. The summed E-state index contributed by atoms with van der Waals surface area (Å²) in [5.74, 6) is -1.37. The van der Waals surface area contributed by atoms with Crippen LogP contribution in [0, 0.1) is 6.92 Å². The van der Waals surface area contributed by atoms with E-state index >= 15 is 0 Å². The van der Waals surface area contributed by atoms with E-state index in [1.54, 1.807) is 49.6 Å². The van der Waals surface area contributed by atoms with Crippen LogP contribution in [0.15, 0.2) is 72.3 Å². The van der Waals surface area contributed by atoms with Crippen LogP contribution < -0.4 is 9.64 Å². The van der Waals surface area contributed by atoms with Gasteiger partial charge in [-0.25, -0.2) is 0 Å². The van der Waals surface area contributed by atoms with Gasteiger partial charge >= 0.3 is 0 Å². The Morgan fingerprint density at radius 3 is 2.31 bits per heavy atom. The normalized spacial score (nSPS) is 17.6. The highest BCUT2D eigenvalue weighted by atomic mass is 16.5. The first-order valence-corrected chi connectivity index (χ1v) is 11.4. The van der Waals surface area contributed by atoms with Crippen LogP contribution in [0.25, 0.3) is 5.76 Å². The zero-order valence-corrected chi connectivity index (χ0v) is 20.5. The average Bonchev–Trinajstić information content (AvgIpc) is 3.08. The van der Waals surface area contributed by atoms with Crippen LogP contribution in [0.4, 0.5) is 5.69 Å². The van der Waals surface area contributed by atoms with Gasteiger partial charge in [-0.2, -0.15) is 0 Å². The number of methoxy groups -OCH3 is 1. The second-order valence-corrected chi connectivity index (χ2v) is 9.74. The van der Waals surface area contributed by atoms with E-state index in [-0.39, 0.29) is 28.2 Å². The molecule has 1 heterocycles. The molecule has 6 nitrogen and oxygen atoms in total. The summed E-state index contributed by atoms with van der Waals surface area (Å²) in [7, 11) is 1.58. The molecule has 6 heteroatoms. The molecule has 3 aromatic rings. The Morgan fingerprint density at radius 1 is 0.971 bits per heavy atom. The van der Waals surface area contributed by atoms with E-state index in [2.05, 4.69) is 0 Å². The van der Waals surface area contributed by atoms with Gasteiger partial charge in [-0.1, -0.05) is 62.7 Å². The molecule has 0 aromatic heterocycles. The van der Waals surface area contributed by atoms with Crippen LogP contribution in [-0.2, 0) is 15.0 Å². The Bertz CT molecular complexity index is 1350. The molecule has 1 saturated heterocycles. The lowest BCUT2D eigenvalue weighted by atomic mass is 9.84. The number of nitrogens with zero attached hydrogens (tertiary/aromatic N) is 1. The van der Waals surface area contributed by atoms with E-state index in [0.717, 1.165) is 11.1 Å². The highest BCUT2D eigenvalue weighted by Gasteiger charge is 2.47. The fourth-order valence-corrected chi connectivity index (χ4v) is 4.50. The molecule has 1 unspecified atom stereocenters. The lowest BCUT2D eigenvalue weighted by molar-refractivity contribution is -0.132. The van der Waals surface area contributed by atoms with Crippen molar-refractivity contribution in [2.75, 3.05) is 12.0 Å². The number of ether oxygens (including phenoxy) is 1. The van der Waals surface area contributed by atoms with Crippen molar-refractivity contribution in [1.29, 1.82) is 0 Å². The maximum Gasteiger partial charge on any atom is 0.300 e. The van der Waals surface area contributed by atoms with Gasteiger partial charge in [0.15, 0.2) is 0 Å². The number of para-hydroxylation sites is 2. The molecule has 0 bridgehead atoms. The first kappa shape index (κ1) is 24.1. The number of carbonyl (C=O) groups excluding carboxylic acids is 2. The number of carbonyl (C=O) groups is 2. The third-order valence-corrected chi connectivity index (χ3v) is 6.22. The minimum absolute atomic E-state index is 0.0334. The van der Waals surface area contributed by atoms with Crippen molar-refractivity contribution < 1.29 is 24.5 Å². The molecule has 1 atom stereocenters. The van der Waals surface area contributed by atoms with Crippen LogP contribution in [0.2, 0.25) is 0 Å². The van der Waals surface area contributed by atoms with Gasteiger partial charge in [0.1, 0.15) is 17.3 Å². The largest absolute Gasteiger partial charge is 0.507 e. The van der Waals surface area contributed by atoms with E-state index in [9.17, 15) is 19.8 Å². The Kier molecular flexibility index (Phi) is 6.15. The van der Waals surface area contributed by atoms with Gasteiger partial charge in [0.05, 0.1) is 24.4 Å². The minimum atomic E-state index is -0.914. The van der Waals surface area contributed by atoms with Gasteiger partial charge < -0.3 is 14.9 Å². The fraction of sp³-hybridized carbons (Fsp3) is 0.241. The summed E-state index contributed by atoms with van der Waals surface area (Å²) in [6.07, 6.45) is 0. The maximum atomic E-state index is 13.4. The van der Waals surface area contributed by atoms with E-state index in [1.807, 2.05) is 45.9 Å². The number of rotatable bonds is 4. The van der Waals surface area contributed by atoms with Crippen molar-refractivity contribution in [2.45, 2.75) is 39.2 Å². The Labute approximate surface area is 205 Å². The molecule has 1 aliphatic rings. The zero-order valence-electron chi connectivity index (χ0n) is 20.5. The van der Waals surface area contributed by atoms with Crippen LogP contribution in [0.1, 0.15) is 49.1 Å². The Balaban J connectivity index is 1.98. The molecule has 2 N–H and O–H groups in total. The smallest absolute Gasteiger partial charge is 0.300 e. The molecule has 4 rings (SSSR count). The number of benzene rings is 3. The van der Waals surface area contributed by atoms with Crippen molar-refractivity contribution in [3.63, 3.8) is 0 Å². The number of Topliss-reactive ketones (excluding diaryl/α,β-unsaturated/α-hetero) is 1. The predicted octanol–water partition coefficient (Wildman–Crippen LogP) is 5.63. The van der Waals surface area contributed by atoms with Crippen molar-refractivity contribution in [3.05, 3.63) is 94.6 Å². The number of aromatic hydroxyl groups is 1. The zero-order chi connectivity index (χ0) is 25.5. The first-order valence-electron chi connectivity index (χ1n) is 11.4. The summed E-state index contributed by atoms with van der Waals surface area (Å²) in [6, 6.07) is 18.1. The van der Waals surface area contributed by atoms with Gasteiger partial charge in [-0.15, -0.1) is 0 Å². The van der Waals surface area contributed by atoms with Gasteiger partial charge in [0, 0.05) is 11.1 Å². The molecule has 1 fully saturated rings. The van der Waals surface area contributed by atoms with E-state index in [0.29, 0.717) is 16.9 Å². The molecular weight excluding hydrogens is 442 g/mol. The topological polar surface area (TPSA) is 87.1 Å². The lowest BCUT2D eigenvalue weighted by Gasteiger charge is -2.26. The molecule has 35 heavy (non-hydrogen) atoms. The van der Waals surface area contributed by atoms with Crippen LogP contribution in [0.3, 0.4) is 0 Å². The predicted molar refractivity (Wildman–Crippen MR) is 136 cm³/mol. The number of hydrogen-bond acceptors (Lipinski definition) is 5. The fourth-order valence-electron chi connectivity index (χ4n) is 4.50. The van der Waals surface area contributed by atoms with Crippen molar-refractivity contribution in [1.82, 2.24) is 0 Å². The highest BCUT2D eigenvalue weighted by Crippen LogP contribution is 2.45. The second-order valence-electron chi connectivity index (χ2n) is 9.74. The standard InChI is InChI=1S/C29H29NO5/c1-17-9-8-10-18(15-17)25-24(27(33)28(34)30(25)21-11-6-7-12-22(21)31)26(32)19-13-14-23(35-5)20(16-19)29(2,3)4/h6-16,25,31-32H,1-5H3/b26-24-. The number of phenolic OH excluding ortho intramolecular Hbond substituents is 1. The minimum Gasteiger partial charge on any atom is -0.507 e. The van der Waals surface area contributed by atoms with Gasteiger partial charge in [0.25, 0.3) is 11.7 Å². The lowest BCUT2D eigenvalue weighted by Crippen LogP contribution is -2.29. The Morgan fingerprint density at radius 2 is 1.69 bits per heavy atom. The molecule has 0 saturated carbocycles. The number of aliphatic hydroxyl groups is 1. The summed E-state index contributed by atoms with van der Waals surface area (Å²) in [5.41, 5.74) is 2.72. The van der Waals surface area contributed by atoms with E-state index in [1.165, 1.54) is 11.0 Å². The quantitative estimate of drug-likeness (QED) is 0.292. The molecule has 0 aliphatic carbocycles. The number of ketones is 1. The monoisotopic (exact) mass is 471 g/mol. The summed E-state index contributed by atoms with van der Waals surface area (Å²) in [5, 5.41) is 22.0. The van der Waals surface area contributed by atoms with Crippen molar-refractivity contribution in [2.24, 2.45) is 0 Å². The molecule has 0 radical (unpaired) electrons. The molecule has 1 amide bonds. The van der Waals surface area contributed by atoms with Crippen LogP contribution >= 0.6 is 0 Å². The van der Waals surface area contributed by atoms with Crippen LogP contribution in [-0.4, -0.2) is 29.0 Å².